The van der Waals surface area contributed by atoms with Gasteiger partial charge in [0, 0.05) is 26.2 Å². The molecule has 0 radical (unpaired) electrons. The number of benzene rings is 1. The summed E-state index contributed by atoms with van der Waals surface area (Å²) in [5, 5.41) is 2.62. The Morgan fingerprint density at radius 3 is 2.23 bits per heavy atom. The maximum atomic E-state index is 12.8. The molecule has 0 saturated carbocycles. The lowest BCUT2D eigenvalue weighted by Gasteiger charge is -2.33. The molecule has 142 valence electrons. The van der Waals surface area contributed by atoms with Crippen molar-refractivity contribution in [1.82, 2.24) is 14.5 Å². The molecule has 0 bridgehead atoms. The lowest BCUT2D eigenvalue weighted by molar-refractivity contribution is -0.122. The van der Waals surface area contributed by atoms with Gasteiger partial charge in [-0.25, -0.2) is 8.42 Å². The fourth-order valence-corrected chi connectivity index (χ4v) is 4.23. The number of nitrogens with zero attached hydrogens (tertiary/aromatic N) is 2. The van der Waals surface area contributed by atoms with Gasteiger partial charge in [-0.3, -0.25) is 9.69 Å². The molecule has 26 heavy (non-hydrogen) atoms. The van der Waals surface area contributed by atoms with E-state index in [4.69, 9.17) is 6.42 Å². The van der Waals surface area contributed by atoms with E-state index in [9.17, 15) is 13.2 Å². The second kappa shape index (κ2) is 8.21. The average Bonchev–Trinajstić information content (AvgIpc) is 2.60. The highest BCUT2D eigenvalue weighted by atomic mass is 32.2. The zero-order valence-corrected chi connectivity index (χ0v) is 16.5. The summed E-state index contributed by atoms with van der Waals surface area (Å²) in [5.74, 6) is 2.21. The molecule has 7 heteroatoms. The zero-order valence-electron chi connectivity index (χ0n) is 15.7. The van der Waals surface area contributed by atoms with E-state index in [0.717, 1.165) is 5.56 Å². The Labute approximate surface area is 156 Å². The topological polar surface area (TPSA) is 69.7 Å². The minimum absolute atomic E-state index is 0.0199. The third-order valence-electron chi connectivity index (χ3n) is 4.44. The smallest absolute Gasteiger partial charge is 0.243 e. The van der Waals surface area contributed by atoms with E-state index in [1.165, 1.54) is 4.31 Å². The van der Waals surface area contributed by atoms with Crippen molar-refractivity contribution in [3.05, 3.63) is 29.8 Å². The Bertz CT molecular complexity index is 766. The van der Waals surface area contributed by atoms with Crippen LogP contribution in [0, 0.1) is 12.3 Å². The van der Waals surface area contributed by atoms with Gasteiger partial charge in [-0.05, 0) is 23.1 Å². The molecule has 0 spiro atoms. The number of sulfonamides is 1. The normalized spacial score (nSPS) is 16.8. The summed E-state index contributed by atoms with van der Waals surface area (Å²) in [5.41, 5.74) is 1.08. The molecule has 1 aromatic rings. The molecule has 0 aromatic heterocycles. The van der Waals surface area contributed by atoms with Crippen molar-refractivity contribution in [3.8, 4) is 12.3 Å². The highest BCUT2D eigenvalue weighted by Crippen LogP contribution is 2.25. The maximum Gasteiger partial charge on any atom is 0.243 e. The molecule has 2 rings (SSSR count). The predicted octanol–water partition coefficient (Wildman–Crippen LogP) is 1.04. The van der Waals surface area contributed by atoms with Crippen LogP contribution in [0.15, 0.2) is 29.2 Å². The first kappa shape index (κ1) is 20.4. The van der Waals surface area contributed by atoms with Crippen molar-refractivity contribution < 1.29 is 13.2 Å². The molecule has 1 fully saturated rings. The Morgan fingerprint density at radius 2 is 1.73 bits per heavy atom. The first-order valence-corrected chi connectivity index (χ1v) is 10.1. The van der Waals surface area contributed by atoms with Crippen molar-refractivity contribution in [2.24, 2.45) is 0 Å². The van der Waals surface area contributed by atoms with Crippen molar-refractivity contribution in [3.63, 3.8) is 0 Å². The molecule has 1 amide bonds. The van der Waals surface area contributed by atoms with Crippen LogP contribution in [0.25, 0.3) is 0 Å². The Kier molecular flexibility index (Phi) is 6.45. The van der Waals surface area contributed by atoms with Crippen LogP contribution < -0.4 is 5.32 Å². The molecule has 1 N–H and O–H groups in total. The van der Waals surface area contributed by atoms with E-state index in [1.807, 2.05) is 17.0 Å². The lowest BCUT2D eigenvalue weighted by Crippen LogP contribution is -2.51. The molecule has 0 atom stereocenters. The standard InChI is InChI=1S/C19H27N3O3S/c1-5-10-20-18(23)15-21-11-13-22(14-12-21)26(24,25)17-8-6-16(7-9-17)19(2,3)4/h1,6-9H,10-15H2,2-4H3,(H,20,23). The summed E-state index contributed by atoms with van der Waals surface area (Å²) in [4.78, 5) is 13.9. The van der Waals surface area contributed by atoms with Gasteiger partial charge < -0.3 is 5.32 Å². The summed E-state index contributed by atoms with van der Waals surface area (Å²) in [7, 11) is -3.51. The molecule has 1 heterocycles. The first-order valence-electron chi connectivity index (χ1n) is 8.68. The van der Waals surface area contributed by atoms with E-state index >= 15 is 0 Å². The third-order valence-corrected chi connectivity index (χ3v) is 6.36. The van der Waals surface area contributed by atoms with E-state index < -0.39 is 10.0 Å². The van der Waals surface area contributed by atoms with Gasteiger partial charge in [-0.2, -0.15) is 4.31 Å². The minimum atomic E-state index is -3.51. The summed E-state index contributed by atoms with van der Waals surface area (Å²) in [6.07, 6.45) is 5.11. The third kappa shape index (κ3) is 5.07. The fraction of sp³-hybridized carbons (Fsp3) is 0.526. The van der Waals surface area contributed by atoms with Crippen molar-refractivity contribution in [2.75, 3.05) is 39.3 Å². The van der Waals surface area contributed by atoms with Crippen molar-refractivity contribution in [1.29, 1.82) is 0 Å². The van der Waals surface area contributed by atoms with Crippen LogP contribution in [0.1, 0.15) is 26.3 Å². The Balaban J connectivity index is 1.97. The monoisotopic (exact) mass is 377 g/mol. The van der Waals surface area contributed by atoms with Crippen LogP contribution >= 0.6 is 0 Å². The van der Waals surface area contributed by atoms with Crippen LogP contribution in [0.5, 0.6) is 0 Å². The SMILES string of the molecule is C#CCNC(=O)CN1CCN(S(=O)(=O)c2ccc(C(C)(C)C)cc2)CC1. The summed E-state index contributed by atoms with van der Waals surface area (Å²) in [6.45, 7) is 8.48. The molecular formula is C19H27N3O3S. The predicted molar refractivity (Wildman–Crippen MR) is 102 cm³/mol. The molecule has 1 aromatic carbocycles. The summed E-state index contributed by atoms with van der Waals surface area (Å²) < 4.78 is 27.1. The van der Waals surface area contributed by atoms with E-state index in [-0.39, 0.29) is 24.4 Å². The van der Waals surface area contributed by atoms with Crippen LogP contribution in [0.3, 0.4) is 0 Å². The second-order valence-corrected chi connectivity index (χ2v) is 9.37. The van der Waals surface area contributed by atoms with Gasteiger partial charge in [0.2, 0.25) is 15.9 Å². The molecule has 1 aliphatic rings. The fourth-order valence-electron chi connectivity index (χ4n) is 2.81. The number of amides is 1. The Hall–Kier alpha value is -1.88. The second-order valence-electron chi connectivity index (χ2n) is 7.44. The summed E-state index contributed by atoms with van der Waals surface area (Å²) >= 11 is 0. The highest BCUT2D eigenvalue weighted by Gasteiger charge is 2.29. The number of carbonyl (C=O) groups excluding carboxylic acids is 1. The molecular weight excluding hydrogens is 350 g/mol. The van der Waals surface area contributed by atoms with E-state index in [0.29, 0.717) is 31.1 Å². The molecule has 0 aliphatic carbocycles. The Morgan fingerprint density at radius 1 is 1.15 bits per heavy atom. The quantitative estimate of drug-likeness (QED) is 0.779. The number of rotatable bonds is 5. The van der Waals surface area contributed by atoms with Crippen LogP contribution in [0.2, 0.25) is 0 Å². The number of terminal acetylenes is 1. The van der Waals surface area contributed by atoms with Crippen molar-refractivity contribution in [2.45, 2.75) is 31.1 Å². The van der Waals surface area contributed by atoms with Gasteiger partial charge in [0.25, 0.3) is 0 Å². The van der Waals surface area contributed by atoms with Crippen LogP contribution in [0.4, 0.5) is 0 Å². The number of carbonyl (C=O) groups is 1. The minimum Gasteiger partial charge on any atom is -0.344 e. The van der Waals surface area contributed by atoms with Gasteiger partial charge in [0.1, 0.15) is 0 Å². The molecule has 1 saturated heterocycles. The number of piperazine rings is 1. The van der Waals surface area contributed by atoms with Gasteiger partial charge >= 0.3 is 0 Å². The van der Waals surface area contributed by atoms with E-state index in [2.05, 4.69) is 32.0 Å². The van der Waals surface area contributed by atoms with E-state index in [1.54, 1.807) is 12.1 Å². The number of nitrogens with one attached hydrogen (secondary N) is 1. The van der Waals surface area contributed by atoms with Gasteiger partial charge in [0.05, 0.1) is 18.0 Å². The zero-order chi connectivity index (χ0) is 19.4. The van der Waals surface area contributed by atoms with Gasteiger partial charge in [-0.1, -0.05) is 38.8 Å². The number of hydrogen-bond acceptors (Lipinski definition) is 4. The molecule has 6 nitrogen and oxygen atoms in total. The van der Waals surface area contributed by atoms with Gasteiger partial charge in [-0.15, -0.1) is 6.42 Å². The summed E-state index contributed by atoms with van der Waals surface area (Å²) in [6, 6.07) is 7.10. The molecule has 1 aliphatic heterocycles. The number of hydrogen-bond donors (Lipinski definition) is 1. The largest absolute Gasteiger partial charge is 0.344 e. The van der Waals surface area contributed by atoms with Crippen LogP contribution in [-0.2, 0) is 20.2 Å². The lowest BCUT2D eigenvalue weighted by atomic mass is 9.87. The molecule has 0 unspecified atom stereocenters. The highest BCUT2D eigenvalue weighted by molar-refractivity contribution is 7.89. The first-order chi connectivity index (χ1) is 12.1. The van der Waals surface area contributed by atoms with Crippen molar-refractivity contribution >= 4 is 15.9 Å². The maximum absolute atomic E-state index is 12.8. The van der Waals surface area contributed by atoms with Crippen LogP contribution in [-0.4, -0.2) is 62.8 Å². The average molecular weight is 378 g/mol. The van der Waals surface area contributed by atoms with Gasteiger partial charge in [0.15, 0.2) is 0 Å².